The first-order chi connectivity index (χ1) is 15.8. The van der Waals surface area contributed by atoms with Gasteiger partial charge in [-0.05, 0) is 47.9 Å². The van der Waals surface area contributed by atoms with Crippen molar-refractivity contribution in [1.29, 1.82) is 0 Å². The van der Waals surface area contributed by atoms with E-state index in [0.717, 1.165) is 12.1 Å². The Balaban J connectivity index is 1.87. The zero-order valence-electron chi connectivity index (χ0n) is 17.6. The number of oxime groups is 1. The molecule has 0 fully saturated rings. The lowest BCUT2D eigenvalue weighted by Crippen LogP contribution is -2.42. The molecule has 0 saturated heterocycles. The van der Waals surface area contributed by atoms with Crippen molar-refractivity contribution in [3.63, 3.8) is 0 Å². The quantitative estimate of drug-likeness (QED) is 0.420. The molecule has 4 nitrogen and oxygen atoms in total. The molecule has 12 heteroatoms. The van der Waals surface area contributed by atoms with Crippen LogP contribution in [-0.4, -0.2) is 30.5 Å². The number of carbonyl (C=O) groups excluding carboxylic acids is 1. The molecule has 1 aliphatic rings. The van der Waals surface area contributed by atoms with E-state index in [1.165, 1.54) is 24.3 Å². The second-order valence-corrected chi connectivity index (χ2v) is 8.51. The van der Waals surface area contributed by atoms with Crippen molar-refractivity contribution in [1.82, 2.24) is 5.32 Å². The summed E-state index contributed by atoms with van der Waals surface area (Å²) in [6.45, 7) is 1.11. The summed E-state index contributed by atoms with van der Waals surface area (Å²) in [4.78, 5) is 17.3. The lowest BCUT2D eigenvalue weighted by atomic mass is 9.86. The van der Waals surface area contributed by atoms with Crippen LogP contribution in [0.5, 0.6) is 0 Å². The van der Waals surface area contributed by atoms with Gasteiger partial charge in [0.25, 0.3) is 11.5 Å². The molecule has 184 valence electrons. The maximum Gasteiger partial charge on any atom is 0.435 e. The normalized spacial score (nSPS) is 18.4. The Morgan fingerprint density at radius 3 is 2.29 bits per heavy atom. The molecule has 1 unspecified atom stereocenters. The molecular formula is C22H18Cl2F6N2O2. The summed E-state index contributed by atoms with van der Waals surface area (Å²) in [5.74, 6) is -0.713. The summed E-state index contributed by atoms with van der Waals surface area (Å²) in [6, 6.07) is 7.68. The van der Waals surface area contributed by atoms with E-state index < -0.39 is 43.2 Å². The van der Waals surface area contributed by atoms with Gasteiger partial charge in [-0.3, -0.25) is 4.79 Å². The summed E-state index contributed by atoms with van der Waals surface area (Å²) in [5.41, 5.74) is -2.31. The highest BCUT2D eigenvalue weighted by Crippen LogP contribution is 2.49. The van der Waals surface area contributed by atoms with Crippen LogP contribution in [0.1, 0.15) is 46.8 Å². The first-order valence-electron chi connectivity index (χ1n) is 10.0. The minimum Gasteiger partial charge on any atom is -0.374 e. The number of alkyl halides is 6. The monoisotopic (exact) mass is 526 g/mol. The number of hydrogen-bond donors (Lipinski definition) is 1. The Morgan fingerprint density at radius 1 is 1.09 bits per heavy atom. The van der Waals surface area contributed by atoms with Gasteiger partial charge in [-0.15, -0.1) is 0 Å². The molecule has 1 amide bonds. The van der Waals surface area contributed by atoms with Crippen LogP contribution in [0.25, 0.3) is 0 Å². The van der Waals surface area contributed by atoms with Crippen LogP contribution < -0.4 is 5.32 Å². The minimum absolute atomic E-state index is 0.00247. The van der Waals surface area contributed by atoms with Gasteiger partial charge >= 0.3 is 12.4 Å². The van der Waals surface area contributed by atoms with E-state index in [1.54, 1.807) is 6.92 Å². The fourth-order valence-electron chi connectivity index (χ4n) is 3.55. The van der Waals surface area contributed by atoms with Crippen molar-refractivity contribution in [2.24, 2.45) is 5.16 Å². The first kappa shape index (κ1) is 26.2. The zero-order chi connectivity index (χ0) is 25.3. The molecule has 0 radical (unpaired) electrons. The Labute approximate surface area is 200 Å². The van der Waals surface area contributed by atoms with E-state index in [1.807, 2.05) is 0 Å². The number of carbonyl (C=O) groups is 1. The second-order valence-electron chi connectivity index (χ2n) is 7.64. The predicted octanol–water partition coefficient (Wildman–Crippen LogP) is 6.82. The maximum absolute atomic E-state index is 14.2. The molecule has 2 aromatic carbocycles. The Kier molecular flexibility index (Phi) is 7.43. The second kappa shape index (κ2) is 9.65. The van der Waals surface area contributed by atoms with Gasteiger partial charge < -0.3 is 10.2 Å². The van der Waals surface area contributed by atoms with Crippen molar-refractivity contribution >= 4 is 34.8 Å². The third kappa shape index (κ3) is 5.60. The Bertz CT molecular complexity index is 1100. The van der Waals surface area contributed by atoms with Gasteiger partial charge in [0.05, 0.1) is 12.1 Å². The van der Waals surface area contributed by atoms with E-state index in [4.69, 9.17) is 28.0 Å². The largest absolute Gasteiger partial charge is 0.435 e. The summed E-state index contributed by atoms with van der Waals surface area (Å²) in [5, 5.41) is 5.86. The smallest absolute Gasteiger partial charge is 0.374 e. The molecule has 0 aliphatic carbocycles. The fraction of sp³-hybridized carbons (Fsp3) is 0.364. The number of hydrogen-bond acceptors (Lipinski definition) is 3. The minimum atomic E-state index is -4.86. The SMILES string of the molecule is CCc1cc(C2=NOC(c3cc(Cl)cc(Cl)c3)(C(F)(F)F)C2)ccc1C(=O)NCCC(F)(F)F. The molecule has 0 bridgehead atoms. The predicted molar refractivity (Wildman–Crippen MR) is 115 cm³/mol. The lowest BCUT2D eigenvalue weighted by Gasteiger charge is -2.29. The van der Waals surface area contributed by atoms with Crippen LogP contribution in [0.15, 0.2) is 41.6 Å². The maximum atomic E-state index is 14.2. The average molecular weight is 527 g/mol. The van der Waals surface area contributed by atoms with Gasteiger partial charge in [-0.1, -0.05) is 41.3 Å². The third-order valence-electron chi connectivity index (χ3n) is 5.27. The van der Waals surface area contributed by atoms with Crippen LogP contribution in [0.4, 0.5) is 26.3 Å². The van der Waals surface area contributed by atoms with E-state index in [9.17, 15) is 31.1 Å². The van der Waals surface area contributed by atoms with Gasteiger partial charge in [0.1, 0.15) is 0 Å². The summed E-state index contributed by atoms with van der Waals surface area (Å²) >= 11 is 11.8. The number of amides is 1. The topological polar surface area (TPSA) is 50.7 Å². The molecule has 2 aromatic rings. The number of rotatable bonds is 6. The van der Waals surface area contributed by atoms with Crippen LogP contribution in [0.3, 0.4) is 0 Å². The molecule has 1 N–H and O–H groups in total. The highest BCUT2D eigenvalue weighted by molar-refractivity contribution is 6.34. The molecule has 3 rings (SSSR count). The van der Waals surface area contributed by atoms with E-state index in [2.05, 4.69) is 10.5 Å². The summed E-state index contributed by atoms with van der Waals surface area (Å²) < 4.78 is 79.4. The Hall–Kier alpha value is -2.46. The Morgan fingerprint density at radius 2 is 1.74 bits per heavy atom. The van der Waals surface area contributed by atoms with Crippen molar-refractivity contribution in [3.8, 4) is 0 Å². The molecule has 0 aromatic heterocycles. The number of nitrogens with one attached hydrogen (secondary N) is 1. The van der Waals surface area contributed by atoms with Crippen molar-refractivity contribution in [2.45, 2.75) is 44.1 Å². The van der Waals surface area contributed by atoms with Gasteiger partial charge in [0.15, 0.2) is 0 Å². The molecule has 34 heavy (non-hydrogen) atoms. The van der Waals surface area contributed by atoms with Crippen LogP contribution in [-0.2, 0) is 16.9 Å². The molecular weight excluding hydrogens is 509 g/mol. The zero-order valence-corrected chi connectivity index (χ0v) is 19.1. The molecule has 0 saturated carbocycles. The molecule has 1 aliphatic heterocycles. The summed E-state index contributed by atoms with van der Waals surface area (Å²) in [7, 11) is 0. The van der Waals surface area contributed by atoms with E-state index in [-0.39, 0.29) is 32.4 Å². The summed E-state index contributed by atoms with van der Waals surface area (Å²) in [6.07, 6.45) is -10.8. The number of nitrogens with zero attached hydrogens (tertiary/aromatic N) is 1. The molecule has 1 atom stereocenters. The van der Waals surface area contributed by atoms with E-state index >= 15 is 0 Å². The van der Waals surface area contributed by atoms with E-state index in [0.29, 0.717) is 12.0 Å². The van der Waals surface area contributed by atoms with Crippen LogP contribution >= 0.6 is 23.2 Å². The van der Waals surface area contributed by atoms with Crippen molar-refractivity contribution in [2.75, 3.05) is 6.54 Å². The van der Waals surface area contributed by atoms with Gasteiger partial charge in [-0.25, -0.2) is 0 Å². The average Bonchev–Trinajstić information content (AvgIpc) is 3.18. The van der Waals surface area contributed by atoms with Gasteiger partial charge in [-0.2, -0.15) is 26.3 Å². The number of benzene rings is 2. The van der Waals surface area contributed by atoms with Crippen LogP contribution in [0, 0.1) is 0 Å². The van der Waals surface area contributed by atoms with Crippen molar-refractivity contribution < 1.29 is 36.0 Å². The molecule has 1 heterocycles. The fourth-order valence-corrected chi connectivity index (χ4v) is 4.07. The number of aryl methyl sites for hydroxylation is 1. The standard InChI is InChI=1S/C22H18Cl2F6N2O2/c1-2-12-7-13(3-4-17(12)19(33)31-6-5-21(25,26)27)18-11-20(34-32-18,22(28,29)30)14-8-15(23)10-16(24)9-14/h3-4,7-10H,2,5-6,11H2,1H3,(H,31,33). The van der Waals surface area contributed by atoms with Gasteiger partial charge in [0.2, 0.25) is 0 Å². The highest BCUT2D eigenvalue weighted by Gasteiger charge is 2.62. The van der Waals surface area contributed by atoms with Gasteiger partial charge in [0, 0.05) is 34.1 Å². The first-order valence-corrected chi connectivity index (χ1v) is 10.8. The van der Waals surface area contributed by atoms with Crippen LogP contribution in [0.2, 0.25) is 10.0 Å². The number of halogens is 8. The lowest BCUT2D eigenvalue weighted by molar-refractivity contribution is -0.275. The third-order valence-corrected chi connectivity index (χ3v) is 5.71. The molecule has 0 spiro atoms. The van der Waals surface area contributed by atoms with Crippen molar-refractivity contribution in [3.05, 3.63) is 68.7 Å². The highest BCUT2D eigenvalue weighted by atomic mass is 35.5.